The van der Waals surface area contributed by atoms with E-state index in [0.717, 1.165) is 26.1 Å². The van der Waals surface area contributed by atoms with Crippen LogP contribution in [0.2, 0.25) is 0 Å². The molecule has 0 N–H and O–H groups in total. The number of hydrogen-bond acceptors (Lipinski definition) is 6. The van der Waals surface area contributed by atoms with E-state index in [0.29, 0.717) is 26.4 Å². The Morgan fingerprint density at radius 1 is 0.356 bits per heavy atom. The molecule has 0 radical (unpaired) electrons. The molecule has 2 aliphatic rings. The molecule has 2 heterocycles. The van der Waals surface area contributed by atoms with Gasteiger partial charge in [0.2, 0.25) is 0 Å². The van der Waals surface area contributed by atoms with E-state index in [1.54, 1.807) is 0 Å². The average molecular weight is 677 g/mol. The van der Waals surface area contributed by atoms with Crippen molar-refractivity contribution in [2.45, 2.75) is 194 Å². The zero-order valence-electron chi connectivity index (χ0n) is 29.9. The highest BCUT2D eigenvalue weighted by atomic mass is 31.2. The minimum atomic E-state index is -1.24. The SMILES string of the molecule is CCCCCCCCCCCCCCCCOP1OCC2(CO1)COP(OCCCCCCCCCCCCCCCC)OC2. The Labute approximate surface area is 282 Å². The smallest absolute Gasteiger partial charge is 0.312 e. The number of rotatable bonds is 32. The Kier molecular flexibility index (Phi) is 28.5. The second-order valence-corrected chi connectivity index (χ2v) is 16.3. The van der Waals surface area contributed by atoms with Crippen LogP contribution in [0.1, 0.15) is 194 Å². The molecule has 0 aromatic rings. The van der Waals surface area contributed by atoms with Crippen LogP contribution in [0.15, 0.2) is 0 Å². The van der Waals surface area contributed by atoms with Gasteiger partial charge in [0, 0.05) is 0 Å². The van der Waals surface area contributed by atoms with Gasteiger partial charge < -0.3 is 27.1 Å². The summed E-state index contributed by atoms with van der Waals surface area (Å²) in [5, 5.41) is 0. The van der Waals surface area contributed by atoms with Gasteiger partial charge in [-0.1, -0.05) is 181 Å². The predicted molar refractivity (Wildman–Crippen MR) is 193 cm³/mol. The molecule has 0 atom stereocenters. The molecule has 0 aromatic carbocycles. The van der Waals surface area contributed by atoms with Gasteiger partial charge in [-0.05, 0) is 12.8 Å². The van der Waals surface area contributed by atoms with Gasteiger partial charge in [0.05, 0.1) is 45.1 Å². The normalized spacial score (nSPS) is 22.0. The van der Waals surface area contributed by atoms with Crippen molar-refractivity contribution in [1.82, 2.24) is 0 Å². The fourth-order valence-corrected chi connectivity index (χ4v) is 8.62. The first-order chi connectivity index (χ1) is 22.3. The fraction of sp³-hybridized carbons (Fsp3) is 1.00. The summed E-state index contributed by atoms with van der Waals surface area (Å²) >= 11 is 0. The molecule has 2 fully saturated rings. The van der Waals surface area contributed by atoms with Crippen LogP contribution in [0.3, 0.4) is 0 Å². The van der Waals surface area contributed by atoms with E-state index in [1.165, 1.54) is 167 Å². The minimum absolute atomic E-state index is 0.228. The van der Waals surface area contributed by atoms with Crippen LogP contribution in [0.5, 0.6) is 0 Å². The highest BCUT2D eigenvalue weighted by Crippen LogP contribution is 2.53. The molecule has 6 nitrogen and oxygen atoms in total. The average Bonchev–Trinajstić information content (AvgIpc) is 3.06. The Hall–Kier alpha value is 0.620. The standard InChI is InChI=1S/C37H74O6P2/c1-3-5-7-9-11-13-15-17-19-21-23-25-27-29-31-38-44-40-33-37(34-41-44)35-42-45(43-36-37)39-32-30-28-26-24-22-20-18-16-14-12-10-8-6-4-2/h3-36H2,1-2H3. The van der Waals surface area contributed by atoms with Crippen LogP contribution in [0, 0.1) is 5.41 Å². The zero-order chi connectivity index (χ0) is 31.9. The maximum Gasteiger partial charge on any atom is 0.332 e. The van der Waals surface area contributed by atoms with Gasteiger partial charge in [-0.15, -0.1) is 0 Å². The van der Waals surface area contributed by atoms with Crippen molar-refractivity contribution in [3.8, 4) is 0 Å². The maximum absolute atomic E-state index is 5.94. The van der Waals surface area contributed by atoms with Gasteiger partial charge in [0.25, 0.3) is 0 Å². The lowest BCUT2D eigenvalue weighted by Gasteiger charge is -2.41. The number of hydrogen-bond donors (Lipinski definition) is 0. The van der Waals surface area contributed by atoms with E-state index in [9.17, 15) is 0 Å². The van der Waals surface area contributed by atoms with Crippen LogP contribution in [0.4, 0.5) is 0 Å². The highest BCUT2D eigenvalue weighted by molar-refractivity contribution is 7.42. The Morgan fingerprint density at radius 3 is 0.822 bits per heavy atom. The molecule has 2 saturated heterocycles. The second kappa shape index (κ2) is 30.7. The van der Waals surface area contributed by atoms with Gasteiger partial charge in [0.1, 0.15) is 0 Å². The topological polar surface area (TPSA) is 55.4 Å². The zero-order valence-corrected chi connectivity index (χ0v) is 31.7. The van der Waals surface area contributed by atoms with Gasteiger partial charge in [-0.3, -0.25) is 0 Å². The molecule has 8 heteroatoms. The third-order valence-corrected chi connectivity index (χ3v) is 11.4. The summed E-state index contributed by atoms with van der Waals surface area (Å²) in [6, 6.07) is 0. The van der Waals surface area contributed by atoms with Crippen molar-refractivity contribution >= 4 is 17.2 Å². The fourth-order valence-electron chi connectivity index (χ4n) is 6.10. The first kappa shape index (κ1) is 41.8. The maximum atomic E-state index is 5.94. The lowest BCUT2D eigenvalue weighted by molar-refractivity contribution is -0.0761. The molecule has 2 aliphatic heterocycles. The van der Waals surface area contributed by atoms with Crippen LogP contribution < -0.4 is 0 Å². The molecule has 268 valence electrons. The van der Waals surface area contributed by atoms with Crippen molar-refractivity contribution < 1.29 is 27.1 Å². The van der Waals surface area contributed by atoms with Crippen molar-refractivity contribution in [3.63, 3.8) is 0 Å². The molecule has 0 bridgehead atoms. The molecule has 0 saturated carbocycles. The molecule has 0 aliphatic carbocycles. The molecule has 1 spiro atoms. The lowest BCUT2D eigenvalue weighted by Crippen LogP contribution is -2.44. The van der Waals surface area contributed by atoms with Crippen molar-refractivity contribution in [3.05, 3.63) is 0 Å². The van der Waals surface area contributed by atoms with E-state index in [1.807, 2.05) is 0 Å². The van der Waals surface area contributed by atoms with E-state index < -0.39 is 17.2 Å². The monoisotopic (exact) mass is 676 g/mol. The lowest BCUT2D eigenvalue weighted by atomic mass is 9.93. The summed E-state index contributed by atoms with van der Waals surface area (Å²) in [7, 11) is -2.48. The highest BCUT2D eigenvalue weighted by Gasteiger charge is 2.43. The van der Waals surface area contributed by atoms with Crippen molar-refractivity contribution in [1.29, 1.82) is 0 Å². The van der Waals surface area contributed by atoms with Crippen LogP contribution in [0.25, 0.3) is 0 Å². The molecule has 0 unspecified atom stereocenters. The summed E-state index contributed by atoms with van der Waals surface area (Å²) in [6.07, 6.45) is 38.2. The summed E-state index contributed by atoms with van der Waals surface area (Å²) < 4.78 is 35.6. The molecule has 0 aromatic heterocycles. The molecular weight excluding hydrogens is 602 g/mol. The van der Waals surface area contributed by atoms with Gasteiger partial charge >= 0.3 is 17.2 Å². The quantitative estimate of drug-likeness (QED) is 0.0522. The molecule has 2 rings (SSSR count). The van der Waals surface area contributed by atoms with Crippen LogP contribution in [-0.4, -0.2) is 39.6 Å². The van der Waals surface area contributed by atoms with E-state index in [2.05, 4.69) is 13.8 Å². The summed E-state index contributed by atoms with van der Waals surface area (Å²) in [4.78, 5) is 0. The van der Waals surface area contributed by atoms with Gasteiger partial charge in [0.15, 0.2) is 0 Å². The first-order valence-corrected chi connectivity index (χ1v) is 21.8. The van der Waals surface area contributed by atoms with Crippen LogP contribution in [-0.2, 0) is 27.1 Å². The molecule has 45 heavy (non-hydrogen) atoms. The third kappa shape index (κ3) is 23.6. The van der Waals surface area contributed by atoms with E-state index in [4.69, 9.17) is 27.1 Å². The third-order valence-electron chi connectivity index (χ3n) is 9.29. The van der Waals surface area contributed by atoms with E-state index >= 15 is 0 Å². The summed E-state index contributed by atoms with van der Waals surface area (Å²) in [5.74, 6) is 0. The van der Waals surface area contributed by atoms with Crippen LogP contribution >= 0.6 is 17.2 Å². The first-order valence-electron chi connectivity index (χ1n) is 19.7. The van der Waals surface area contributed by atoms with E-state index in [-0.39, 0.29) is 5.41 Å². The largest absolute Gasteiger partial charge is 0.332 e. The predicted octanol–water partition coefficient (Wildman–Crippen LogP) is 13.5. The Bertz CT molecular complexity index is 556. The molecule has 0 amide bonds. The second-order valence-electron chi connectivity index (χ2n) is 13.9. The Balaban J connectivity index is 1.30. The van der Waals surface area contributed by atoms with Crippen molar-refractivity contribution in [2.24, 2.45) is 5.41 Å². The minimum Gasteiger partial charge on any atom is -0.312 e. The van der Waals surface area contributed by atoms with Crippen molar-refractivity contribution in [2.75, 3.05) is 39.6 Å². The van der Waals surface area contributed by atoms with Gasteiger partial charge in [-0.2, -0.15) is 0 Å². The summed E-state index contributed by atoms with van der Waals surface area (Å²) in [6.45, 7) is 8.30. The Morgan fingerprint density at radius 2 is 0.578 bits per heavy atom. The van der Waals surface area contributed by atoms with Gasteiger partial charge in [-0.25, -0.2) is 0 Å². The summed E-state index contributed by atoms with van der Waals surface area (Å²) in [5.41, 5.74) is -0.228. The molecular formula is C37H74O6P2. The number of unbranched alkanes of at least 4 members (excludes halogenated alkanes) is 26.